The van der Waals surface area contributed by atoms with E-state index in [4.69, 9.17) is 5.26 Å². The van der Waals surface area contributed by atoms with Crippen molar-refractivity contribution in [3.8, 4) is 6.07 Å². The van der Waals surface area contributed by atoms with E-state index >= 15 is 0 Å². The topological polar surface area (TPSA) is 47.3 Å². The zero-order valence-electron chi connectivity index (χ0n) is 12.2. The Morgan fingerprint density at radius 3 is 2.21 bits per heavy atom. The molecular formula is C16H24N2O. The maximum Gasteiger partial charge on any atom is 0.0991 e. The molecule has 1 fully saturated rings. The van der Waals surface area contributed by atoms with Gasteiger partial charge in [-0.15, -0.1) is 0 Å². The summed E-state index contributed by atoms with van der Waals surface area (Å²) in [5.41, 5.74) is 1.45. The van der Waals surface area contributed by atoms with Gasteiger partial charge in [0.1, 0.15) is 0 Å². The predicted molar refractivity (Wildman–Crippen MR) is 77.6 cm³/mol. The van der Waals surface area contributed by atoms with Crippen molar-refractivity contribution in [1.82, 2.24) is 4.90 Å². The molecule has 0 saturated carbocycles. The summed E-state index contributed by atoms with van der Waals surface area (Å²) in [7, 11) is 0. The molecule has 0 aliphatic carbocycles. The van der Waals surface area contributed by atoms with Gasteiger partial charge >= 0.3 is 0 Å². The third-order valence-electron chi connectivity index (χ3n) is 3.42. The standard InChI is InChI=1S/C14H18N2O.C2H6/c1-14(17)6-8-16(9-7-14)11-13-4-2-12(10-15)3-5-13;1-2/h2-5,17H,6-9,11H2,1H3;1-2H3. The fourth-order valence-electron chi connectivity index (χ4n) is 2.14. The number of aliphatic hydroxyl groups is 1. The molecule has 1 aliphatic rings. The van der Waals surface area contributed by atoms with E-state index in [1.165, 1.54) is 5.56 Å². The van der Waals surface area contributed by atoms with Crippen molar-refractivity contribution in [2.24, 2.45) is 0 Å². The Balaban J connectivity index is 0.000000861. The lowest BCUT2D eigenvalue weighted by atomic mass is 9.93. The molecule has 1 aliphatic heterocycles. The van der Waals surface area contributed by atoms with Crippen molar-refractivity contribution in [3.05, 3.63) is 35.4 Å². The number of rotatable bonds is 2. The van der Waals surface area contributed by atoms with Gasteiger partial charge in [-0.1, -0.05) is 26.0 Å². The fourth-order valence-corrected chi connectivity index (χ4v) is 2.14. The van der Waals surface area contributed by atoms with Gasteiger partial charge < -0.3 is 5.11 Å². The lowest BCUT2D eigenvalue weighted by Crippen LogP contribution is -2.41. The highest BCUT2D eigenvalue weighted by Crippen LogP contribution is 2.22. The Morgan fingerprint density at radius 2 is 1.74 bits per heavy atom. The molecule has 1 aromatic rings. The molecule has 104 valence electrons. The first-order chi connectivity index (χ1) is 9.09. The summed E-state index contributed by atoms with van der Waals surface area (Å²) in [5, 5.41) is 18.6. The molecular weight excluding hydrogens is 236 g/mol. The molecule has 3 nitrogen and oxygen atoms in total. The molecule has 1 aromatic carbocycles. The second kappa shape index (κ2) is 7.28. The molecule has 0 amide bonds. The molecule has 0 aromatic heterocycles. The van der Waals surface area contributed by atoms with Crippen molar-refractivity contribution in [3.63, 3.8) is 0 Å². The first-order valence-electron chi connectivity index (χ1n) is 7.03. The SMILES string of the molecule is CC.CC1(O)CCN(Cc2ccc(C#N)cc2)CC1. The molecule has 2 rings (SSSR count). The second-order valence-electron chi connectivity index (χ2n) is 5.08. The van der Waals surface area contributed by atoms with Gasteiger partial charge in [0.25, 0.3) is 0 Å². The van der Waals surface area contributed by atoms with Crippen LogP contribution in [0.4, 0.5) is 0 Å². The molecule has 0 bridgehead atoms. The maximum absolute atomic E-state index is 9.86. The number of nitriles is 1. The van der Waals surface area contributed by atoms with Crippen LogP contribution in [-0.4, -0.2) is 28.7 Å². The van der Waals surface area contributed by atoms with Crippen LogP contribution in [0.5, 0.6) is 0 Å². The third-order valence-corrected chi connectivity index (χ3v) is 3.42. The molecule has 0 radical (unpaired) electrons. The predicted octanol–water partition coefficient (Wildman–Crippen LogP) is 2.93. The van der Waals surface area contributed by atoms with Crippen LogP contribution in [0.3, 0.4) is 0 Å². The van der Waals surface area contributed by atoms with Gasteiger partial charge in [0, 0.05) is 19.6 Å². The molecule has 0 spiro atoms. The van der Waals surface area contributed by atoms with Crippen molar-refractivity contribution in [1.29, 1.82) is 5.26 Å². The minimum absolute atomic E-state index is 0.485. The number of piperidine rings is 1. The van der Waals surface area contributed by atoms with E-state index in [2.05, 4.69) is 11.0 Å². The highest BCUT2D eigenvalue weighted by Gasteiger charge is 2.26. The molecule has 1 N–H and O–H groups in total. The summed E-state index contributed by atoms with van der Waals surface area (Å²) in [5.74, 6) is 0. The van der Waals surface area contributed by atoms with E-state index in [0.29, 0.717) is 5.56 Å². The zero-order chi connectivity index (χ0) is 14.3. The highest BCUT2D eigenvalue weighted by molar-refractivity contribution is 5.31. The summed E-state index contributed by atoms with van der Waals surface area (Å²) < 4.78 is 0. The summed E-state index contributed by atoms with van der Waals surface area (Å²) in [4.78, 5) is 2.35. The van der Waals surface area contributed by atoms with Crippen LogP contribution in [0.25, 0.3) is 0 Å². The van der Waals surface area contributed by atoms with Gasteiger partial charge in [0.15, 0.2) is 0 Å². The largest absolute Gasteiger partial charge is 0.390 e. The van der Waals surface area contributed by atoms with Gasteiger partial charge in [-0.25, -0.2) is 0 Å². The highest BCUT2D eigenvalue weighted by atomic mass is 16.3. The average molecular weight is 260 g/mol. The van der Waals surface area contributed by atoms with E-state index in [-0.39, 0.29) is 0 Å². The van der Waals surface area contributed by atoms with E-state index in [1.54, 1.807) is 0 Å². The summed E-state index contributed by atoms with van der Waals surface area (Å²) in [6.45, 7) is 8.69. The number of hydrogen-bond acceptors (Lipinski definition) is 3. The number of benzene rings is 1. The van der Waals surface area contributed by atoms with E-state index < -0.39 is 5.60 Å². The van der Waals surface area contributed by atoms with Crippen LogP contribution in [-0.2, 0) is 6.54 Å². The molecule has 1 heterocycles. The molecule has 19 heavy (non-hydrogen) atoms. The van der Waals surface area contributed by atoms with E-state index in [9.17, 15) is 5.11 Å². The Morgan fingerprint density at radius 1 is 1.21 bits per heavy atom. The Kier molecular flexibility index (Phi) is 6.01. The van der Waals surface area contributed by atoms with Crippen LogP contribution in [0.1, 0.15) is 44.7 Å². The lowest BCUT2D eigenvalue weighted by molar-refractivity contribution is -0.00729. The van der Waals surface area contributed by atoms with Crippen LogP contribution in [0, 0.1) is 11.3 Å². The van der Waals surface area contributed by atoms with Crippen molar-refractivity contribution in [2.45, 2.75) is 45.8 Å². The van der Waals surface area contributed by atoms with Gasteiger partial charge in [0.2, 0.25) is 0 Å². The molecule has 0 unspecified atom stereocenters. The first-order valence-corrected chi connectivity index (χ1v) is 7.03. The average Bonchev–Trinajstić information content (AvgIpc) is 2.44. The Hall–Kier alpha value is -1.37. The second-order valence-corrected chi connectivity index (χ2v) is 5.08. The van der Waals surface area contributed by atoms with E-state index in [1.807, 2.05) is 45.0 Å². The van der Waals surface area contributed by atoms with E-state index in [0.717, 1.165) is 32.5 Å². The van der Waals surface area contributed by atoms with Crippen LogP contribution >= 0.6 is 0 Å². The summed E-state index contributed by atoms with van der Waals surface area (Å²) in [6.07, 6.45) is 1.67. The van der Waals surface area contributed by atoms with Crippen molar-refractivity contribution < 1.29 is 5.11 Å². The first kappa shape index (κ1) is 15.7. The Bertz CT molecular complexity index is 407. The summed E-state index contributed by atoms with van der Waals surface area (Å²) >= 11 is 0. The van der Waals surface area contributed by atoms with Crippen LogP contribution in [0.2, 0.25) is 0 Å². The number of nitrogens with zero attached hydrogens (tertiary/aromatic N) is 2. The van der Waals surface area contributed by atoms with Crippen molar-refractivity contribution >= 4 is 0 Å². The zero-order valence-corrected chi connectivity index (χ0v) is 12.2. The fraction of sp³-hybridized carbons (Fsp3) is 0.562. The Labute approximate surface area is 116 Å². The van der Waals surface area contributed by atoms with Gasteiger partial charge in [-0.2, -0.15) is 5.26 Å². The molecule has 0 atom stereocenters. The van der Waals surface area contributed by atoms with Crippen LogP contribution < -0.4 is 0 Å². The van der Waals surface area contributed by atoms with Crippen LogP contribution in [0.15, 0.2) is 24.3 Å². The van der Waals surface area contributed by atoms with Gasteiger partial charge in [-0.05, 0) is 37.5 Å². The minimum atomic E-state index is -0.485. The molecule has 1 saturated heterocycles. The van der Waals surface area contributed by atoms with Gasteiger partial charge in [0.05, 0.1) is 17.2 Å². The smallest absolute Gasteiger partial charge is 0.0991 e. The number of likely N-dealkylation sites (tertiary alicyclic amines) is 1. The summed E-state index contributed by atoms with van der Waals surface area (Å²) in [6, 6.07) is 9.85. The van der Waals surface area contributed by atoms with Crippen molar-refractivity contribution in [2.75, 3.05) is 13.1 Å². The maximum atomic E-state index is 9.86. The minimum Gasteiger partial charge on any atom is -0.390 e. The number of hydrogen-bond donors (Lipinski definition) is 1. The molecule has 3 heteroatoms. The lowest BCUT2D eigenvalue weighted by Gasteiger charge is -2.35. The quantitative estimate of drug-likeness (QED) is 0.889. The van der Waals surface area contributed by atoms with Gasteiger partial charge in [-0.3, -0.25) is 4.90 Å². The normalized spacial score (nSPS) is 18.1. The third kappa shape index (κ3) is 5.02. The monoisotopic (exact) mass is 260 g/mol.